The van der Waals surface area contributed by atoms with Gasteiger partial charge in [-0.05, 0) is 15.4 Å². The van der Waals surface area contributed by atoms with Crippen LogP contribution >= 0.6 is 0 Å². The summed E-state index contributed by atoms with van der Waals surface area (Å²) in [5.74, 6) is 0. The van der Waals surface area contributed by atoms with Crippen LogP contribution in [0.3, 0.4) is 0 Å². The van der Waals surface area contributed by atoms with Gasteiger partial charge in [-0.3, -0.25) is 0 Å². The molecule has 1 aliphatic rings. The monoisotopic (exact) mass is 386 g/mol. The van der Waals surface area contributed by atoms with E-state index in [0.717, 1.165) is 0 Å². The number of hydrogen-bond acceptors (Lipinski definition) is 4. The van der Waals surface area contributed by atoms with Crippen LogP contribution in [0.15, 0.2) is 60.7 Å². The van der Waals surface area contributed by atoms with Crippen molar-refractivity contribution in [1.29, 1.82) is 0 Å². The van der Waals surface area contributed by atoms with Crippen molar-refractivity contribution in [3.63, 3.8) is 0 Å². The zero-order chi connectivity index (χ0) is 19.5. The van der Waals surface area contributed by atoms with E-state index in [-0.39, 0.29) is 17.4 Å². The number of benzene rings is 2. The van der Waals surface area contributed by atoms with E-state index >= 15 is 0 Å². The second-order valence-corrected chi connectivity index (χ2v) is 12.4. The van der Waals surface area contributed by atoms with E-state index in [1.165, 1.54) is 10.4 Å². The van der Waals surface area contributed by atoms with Crippen LogP contribution < -0.4 is 10.4 Å². The van der Waals surface area contributed by atoms with Crippen molar-refractivity contribution in [2.45, 2.75) is 50.7 Å². The lowest BCUT2D eigenvalue weighted by molar-refractivity contribution is -0.125. The molecule has 1 aliphatic heterocycles. The molecule has 2 aromatic carbocycles. The fourth-order valence-electron chi connectivity index (χ4n) is 3.96. The predicted molar refractivity (Wildman–Crippen MR) is 110 cm³/mol. The van der Waals surface area contributed by atoms with Gasteiger partial charge in [0.2, 0.25) is 0 Å². The van der Waals surface area contributed by atoms with Gasteiger partial charge in [0.1, 0.15) is 6.10 Å². The minimum absolute atomic E-state index is 0.0973. The lowest BCUT2D eigenvalue weighted by Crippen LogP contribution is -2.67. The van der Waals surface area contributed by atoms with Gasteiger partial charge in [0.15, 0.2) is 6.29 Å². The standard InChI is InChI=1S/C22H30O4Si/c1-22(2,3)27(17-11-7-5-8-12-17,18-13-9-6-10-14-18)25-16-20-19(23)15-21(24-4)26-20/h5-14,19-21,23H,15-16H2,1-4H3/t19-,20-,21?/m0/s1. The van der Waals surface area contributed by atoms with Crippen molar-refractivity contribution in [2.24, 2.45) is 0 Å². The van der Waals surface area contributed by atoms with Crippen molar-refractivity contribution >= 4 is 18.7 Å². The summed E-state index contributed by atoms with van der Waals surface area (Å²) < 4.78 is 17.9. The molecule has 146 valence electrons. The Hall–Kier alpha value is -1.50. The third kappa shape index (κ3) is 4.03. The summed E-state index contributed by atoms with van der Waals surface area (Å²) in [5.41, 5.74) is 0. The van der Waals surface area contributed by atoms with Crippen LogP contribution in [0.2, 0.25) is 5.04 Å². The van der Waals surface area contributed by atoms with Gasteiger partial charge in [-0.2, -0.15) is 0 Å². The summed E-state index contributed by atoms with van der Waals surface area (Å²) in [4.78, 5) is 0. The number of aliphatic hydroxyl groups is 1. The molecule has 1 heterocycles. The molecule has 1 saturated heterocycles. The van der Waals surface area contributed by atoms with Crippen LogP contribution in [-0.2, 0) is 13.9 Å². The van der Waals surface area contributed by atoms with E-state index in [1.807, 2.05) is 12.1 Å². The van der Waals surface area contributed by atoms with Crippen LogP contribution in [0.5, 0.6) is 0 Å². The molecule has 1 N–H and O–H groups in total. The van der Waals surface area contributed by atoms with Crippen molar-refractivity contribution in [2.75, 3.05) is 13.7 Å². The van der Waals surface area contributed by atoms with Crippen LogP contribution in [0.25, 0.3) is 0 Å². The van der Waals surface area contributed by atoms with Crippen molar-refractivity contribution in [3.05, 3.63) is 60.7 Å². The van der Waals surface area contributed by atoms with Gasteiger partial charge < -0.3 is 19.0 Å². The highest BCUT2D eigenvalue weighted by atomic mass is 28.4. The number of hydrogen-bond donors (Lipinski definition) is 1. The normalized spacial score (nSPS) is 23.5. The summed E-state index contributed by atoms with van der Waals surface area (Å²) in [6, 6.07) is 21.0. The molecular formula is C22H30O4Si. The lowest BCUT2D eigenvalue weighted by atomic mass is 10.2. The van der Waals surface area contributed by atoms with Crippen molar-refractivity contribution in [1.82, 2.24) is 0 Å². The molecular weight excluding hydrogens is 356 g/mol. The van der Waals surface area contributed by atoms with E-state index in [9.17, 15) is 5.11 Å². The Balaban J connectivity index is 2.00. The first-order valence-corrected chi connectivity index (χ1v) is 11.4. The second-order valence-electron chi connectivity index (χ2n) is 8.12. The second kappa shape index (κ2) is 8.25. The maximum Gasteiger partial charge on any atom is 0.261 e. The minimum atomic E-state index is -2.61. The zero-order valence-electron chi connectivity index (χ0n) is 16.6. The summed E-state index contributed by atoms with van der Waals surface area (Å²) in [6.45, 7) is 7.06. The Kier molecular flexibility index (Phi) is 6.18. The van der Waals surface area contributed by atoms with Gasteiger partial charge in [-0.1, -0.05) is 81.4 Å². The molecule has 3 rings (SSSR count). The van der Waals surface area contributed by atoms with Crippen molar-refractivity contribution < 1.29 is 19.0 Å². The summed E-state index contributed by atoms with van der Waals surface area (Å²) >= 11 is 0. The fraction of sp³-hybridized carbons (Fsp3) is 0.455. The molecule has 2 aromatic rings. The number of aliphatic hydroxyl groups excluding tert-OH is 1. The Labute approximate surface area is 163 Å². The Morgan fingerprint density at radius 2 is 1.52 bits per heavy atom. The first-order chi connectivity index (χ1) is 12.9. The van der Waals surface area contributed by atoms with E-state index in [1.54, 1.807) is 7.11 Å². The molecule has 0 amide bonds. The molecule has 4 nitrogen and oxygen atoms in total. The average Bonchev–Trinajstić information content (AvgIpc) is 3.03. The van der Waals surface area contributed by atoms with Crippen LogP contribution in [-0.4, -0.2) is 45.6 Å². The molecule has 0 spiro atoms. The van der Waals surface area contributed by atoms with Gasteiger partial charge in [-0.25, -0.2) is 0 Å². The SMILES string of the molecule is COC1C[C@H](O)[C@H](CO[Si](c2ccccc2)(c2ccccc2)C(C)(C)C)O1. The smallest absolute Gasteiger partial charge is 0.261 e. The molecule has 0 aliphatic carbocycles. The number of methoxy groups -OCH3 is 1. The van der Waals surface area contributed by atoms with Crippen LogP contribution in [0, 0.1) is 0 Å². The van der Waals surface area contributed by atoms with Crippen LogP contribution in [0.1, 0.15) is 27.2 Å². The van der Waals surface area contributed by atoms with Gasteiger partial charge >= 0.3 is 0 Å². The summed E-state index contributed by atoms with van der Waals surface area (Å²) in [7, 11) is -1.01. The van der Waals surface area contributed by atoms with Gasteiger partial charge in [0.25, 0.3) is 8.32 Å². The molecule has 5 heteroatoms. The number of rotatable bonds is 6. The summed E-state index contributed by atoms with van der Waals surface area (Å²) in [6.07, 6.45) is -0.844. The first kappa shape index (κ1) is 20.2. The first-order valence-electron chi connectivity index (χ1n) is 9.50. The van der Waals surface area contributed by atoms with Crippen molar-refractivity contribution in [3.8, 4) is 0 Å². The van der Waals surface area contributed by atoms with Gasteiger partial charge in [0, 0.05) is 13.5 Å². The predicted octanol–water partition coefficient (Wildman–Crippen LogP) is 2.69. The highest BCUT2D eigenvalue weighted by Gasteiger charge is 2.51. The Morgan fingerprint density at radius 1 is 1.00 bits per heavy atom. The topological polar surface area (TPSA) is 47.9 Å². The van der Waals surface area contributed by atoms with Crippen LogP contribution in [0.4, 0.5) is 0 Å². The molecule has 3 atom stereocenters. The molecule has 0 bridgehead atoms. The van der Waals surface area contributed by atoms with E-state index in [4.69, 9.17) is 13.9 Å². The molecule has 0 radical (unpaired) electrons. The van der Waals surface area contributed by atoms with E-state index in [2.05, 4.69) is 69.3 Å². The highest BCUT2D eigenvalue weighted by Crippen LogP contribution is 2.37. The minimum Gasteiger partial charge on any atom is -0.405 e. The molecule has 0 aromatic heterocycles. The molecule has 0 saturated carbocycles. The van der Waals surface area contributed by atoms with Gasteiger partial charge in [0.05, 0.1) is 12.7 Å². The van der Waals surface area contributed by atoms with E-state index in [0.29, 0.717) is 13.0 Å². The quantitative estimate of drug-likeness (QED) is 0.776. The lowest BCUT2D eigenvalue weighted by Gasteiger charge is -2.43. The molecule has 1 fully saturated rings. The molecule has 1 unspecified atom stereocenters. The third-order valence-corrected chi connectivity index (χ3v) is 10.3. The summed E-state index contributed by atoms with van der Waals surface area (Å²) in [5, 5.41) is 12.7. The largest absolute Gasteiger partial charge is 0.405 e. The zero-order valence-corrected chi connectivity index (χ0v) is 17.6. The maximum atomic E-state index is 10.4. The maximum absolute atomic E-state index is 10.4. The Bertz CT molecular complexity index is 675. The fourth-order valence-corrected chi connectivity index (χ4v) is 8.53. The Morgan fingerprint density at radius 3 is 1.93 bits per heavy atom. The van der Waals surface area contributed by atoms with Gasteiger partial charge in [-0.15, -0.1) is 0 Å². The highest BCUT2D eigenvalue weighted by molar-refractivity contribution is 6.99. The van der Waals surface area contributed by atoms with E-state index < -0.39 is 14.4 Å². The number of ether oxygens (including phenoxy) is 2. The molecule has 27 heavy (non-hydrogen) atoms. The average molecular weight is 387 g/mol. The third-order valence-electron chi connectivity index (χ3n) is 5.33.